The molecule has 4 nitrogen and oxygen atoms in total. The third-order valence-corrected chi connectivity index (χ3v) is 4.32. The molecule has 0 radical (unpaired) electrons. The fraction of sp³-hybridized carbons (Fsp3) is 0.692. The van der Waals surface area contributed by atoms with Gasteiger partial charge in [-0.05, 0) is 19.8 Å². The smallest absolute Gasteiger partial charge is 0.273 e. The van der Waals surface area contributed by atoms with Crippen LogP contribution >= 0.6 is 11.3 Å². The first-order valence-electron chi connectivity index (χ1n) is 6.69. The highest BCUT2D eigenvalue weighted by Gasteiger charge is 2.19. The maximum absolute atomic E-state index is 12.3. The maximum Gasteiger partial charge on any atom is 0.273 e. The van der Waals surface area contributed by atoms with Gasteiger partial charge in [0.15, 0.2) is 0 Å². The Labute approximate surface area is 112 Å². The number of rotatable bonds is 2. The van der Waals surface area contributed by atoms with Gasteiger partial charge in [-0.25, -0.2) is 4.98 Å². The third-order valence-electron chi connectivity index (χ3n) is 3.27. The van der Waals surface area contributed by atoms with Crippen LogP contribution in [-0.4, -0.2) is 28.9 Å². The van der Waals surface area contributed by atoms with Crippen LogP contribution < -0.4 is 5.73 Å². The van der Waals surface area contributed by atoms with Gasteiger partial charge in [0.05, 0.1) is 6.04 Å². The molecule has 1 unspecified atom stereocenters. The van der Waals surface area contributed by atoms with Crippen molar-refractivity contribution in [3.05, 3.63) is 16.1 Å². The van der Waals surface area contributed by atoms with Crippen molar-refractivity contribution in [1.29, 1.82) is 0 Å². The van der Waals surface area contributed by atoms with E-state index in [1.54, 1.807) is 0 Å². The Balaban J connectivity index is 2.03. The van der Waals surface area contributed by atoms with Crippen LogP contribution in [0, 0.1) is 0 Å². The summed E-state index contributed by atoms with van der Waals surface area (Å²) >= 11 is 1.48. The minimum Gasteiger partial charge on any atom is -0.337 e. The lowest BCUT2D eigenvalue weighted by Crippen LogP contribution is -2.34. The summed E-state index contributed by atoms with van der Waals surface area (Å²) in [5, 5.41) is 2.67. The van der Waals surface area contributed by atoms with Gasteiger partial charge in [0, 0.05) is 18.5 Å². The van der Waals surface area contributed by atoms with Crippen molar-refractivity contribution in [2.75, 3.05) is 13.1 Å². The Hall–Kier alpha value is -0.940. The first kappa shape index (κ1) is 13.5. The molecule has 1 atom stereocenters. The molecule has 0 aliphatic carbocycles. The molecule has 0 saturated carbocycles. The van der Waals surface area contributed by atoms with E-state index >= 15 is 0 Å². The highest BCUT2D eigenvalue weighted by atomic mass is 32.1. The minimum absolute atomic E-state index is 0.0695. The molecule has 1 aliphatic heterocycles. The van der Waals surface area contributed by atoms with Crippen LogP contribution in [-0.2, 0) is 0 Å². The molecule has 1 fully saturated rings. The van der Waals surface area contributed by atoms with Crippen molar-refractivity contribution in [2.45, 2.75) is 45.1 Å². The molecule has 1 aromatic heterocycles. The van der Waals surface area contributed by atoms with E-state index in [0.717, 1.165) is 30.9 Å². The van der Waals surface area contributed by atoms with E-state index < -0.39 is 0 Å². The van der Waals surface area contributed by atoms with Gasteiger partial charge in [0.2, 0.25) is 0 Å². The van der Waals surface area contributed by atoms with Crippen LogP contribution in [0.25, 0.3) is 0 Å². The van der Waals surface area contributed by atoms with Gasteiger partial charge < -0.3 is 10.6 Å². The van der Waals surface area contributed by atoms with Crippen LogP contribution in [0.4, 0.5) is 0 Å². The second-order valence-corrected chi connectivity index (χ2v) is 5.81. The standard InChI is InChI=1S/C13H21N3OS/c1-10(14)12-15-11(9-18-12)13(17)16-7-5-3-2-4-6-8-16/h9-10H,2-8,14H2,1H3. The summed E-state index contributed by atoms with van der Waals surface area (Å²) in [6.07, 6.45) is 5.97. The van der Waals surface area contributed by atoms with E-state index in [9.17, 15) is 4.79 Å². The predicted octanol–water partition coefficient (Wildman–Crippen LogP) is 2.57. The van der Waals surface area contributed by atoms with Crippen LogP contribution in [0.15, 0.2) is 5.38 Å². The number of nitrogens with zero attached hydrogens (tertiary/aromatic N) is 2. The molecule has 18 heavy (non-hydrogen) atoms. The Morgan fingerprint density at radius 3 is 2.50 bits per heavy atom. The van der Waals surface area contributed by atoms with Crippen molar-refractivity contribution in [3.8, 4) is 0 Å². The Morgan fingerprint density at radius 1 is 1.33 bits per heavy atom. The summed E-state index contributed by atoms with van der Waals surface area (Å²) in [4.78, 5) is 18.6. The van der Waals surface area contributed by atoms with Gasteiger partial charge in [0.25, 0.3) is 5.91 Å². The van der Waals surface area contributed by atoms with Gasteiger partial charge in [-0.1, -0.05) is 19.3 Å². The Kier molecular flexibility index (Phi) is 4.72. The zero-order valence-corrected chi connectivity index (χ0v) is 11.7. The quantitative estimate of drug-likeness (QED) is 0.896. The zero-order valence-electron chi connectivity index (χ0n) is 10.9. The number of carbonyl (C=O) groups excluding carboxylic acids is 1. The molecule has 2 rings (SSSR count). The zero-order chi connectivity index (χ0) is 13.0. The van der Waals surface area contributed by atoms with Crippen LogP contribution in [0.5, 0.6) is 0 Å². The molecule has 1 aliphatic rings. The van der Waals surface area contributed by atoms with E-state index in [1.807, 2.05) is 17.2 Å². The SMILES string of the molecule is CC(N)c1nc(C(=O)N2CCCCCCC2)cs1. The lowest BCUT2D eigenvalue weighted by Gasteiger charge is -2.23. The fourth-order valence-corrected chi connectivity index (χ4v) is 2.96. The Bertz CT molecular complexity index is 395. The van der Waals surface area contributed by atoms with Crippen molar-refractivity contribution in [1.82, 2.24) is 9.88 Å². The van der Waals surface area contributed by atoms with Crippen LogP contribution in [0.1, 0.15) is 60.6 Å². The average molecular weight is 267 g/mol. The summed E-state index contributed by atoms with van der Waals surface area (Å²) in [7, 11) is 0. The number of thiazole rings is 1. The number of hydrogen-bond acceptors (Lipinski definition) is 4. The third kappa shape index (κ3) is 3.29. The van der Waals surface area contributed by atoms with Gasteiger partial charge in [0.1, 0.15) is 10.7 Å². The van der Waals surface area contributed by atoms with Gasteiger partial charge in [-0.15, -0.1) is 11.3 Å². The number of hydrogen-bond donors (Lipinski definition) is 1. The normalized spacial score (nSPS) is 19.1. The number of aromatic nitrogens is 1. The molecule has 0 bridgehead atoms. The van der Waals surface area contributed by atoms with Crippen molar-refractivity contribution >= 4 is 17.2 Å². The van der Waals surface area contributed by atoms with Crippen LogP contribution in [0.2, 0.25) is 0 Å². The summed E-state index contributed by atoms with van der Waals surface area (Å²) in [5.74, 6) is 0.0695. The lowest BCUT2D eigenvalue weighted by atomic mass is 10.1. The van der Waals surface area contributed by atoms with Crippen LogP contribution in [0.3, 0.4) is 0 Å². The molecule has 100 valence electrons. The molecule has 0 aromatic carbocycles. The molecule has 5 heteroatoms. The van der Waals surface area contributed by atoms with E-state index in [0.29, 0.717) is 5.69 Å². The summed E-state index contributed by atoms with van der Waals surface area (Å²) in [6.45, 7) is 3.62. The topological polar surface area (TPSA) is 59.2 Å². The van der Waals surface area contributed by atoms with E-state index in [4.69, 9.17) is 5.73 Å². The van der Waals surface area contributed by atoms with Crippen molar-refractivity contribution in [2.24, 2.45) is 5.73 Å². The van der Waals surface area contributed by atoms with E-state index in [1.165, 1.54) is 30.6 Å². The largest absolute Gasteiger partial charge is 0.337 e. The van der Waals surface area contributed by atoms with Gasteiger partial charge in [-0.2, -0.15) is 0 Å². The minimum atomic E-state index is -0.0936. The maximum atomic E-state index is 12.3. The molecular weight excluding hydrogens is 246 g/mol. The number of likely N-dealkylation sites (tertiary alicyclic amines) is 1. The van der Waals surface area contributed by atoms with E-state index in [-0.39, 0.29) is 11.9 Å². The number of amides is 1. The predicted molar refractivity (Wildman–Crippen MR) is 73.7 cm³/mol. The van der Waals surface area contributed by atoms with Gasteiger partial charge in [-0.3, -0.25) is 4.79 Å². The second-order valence-electron chi connectivity index (χ2n) is 4.92. The summed E-state index contributed by atoms with van der Waals surface area (Å²) in [6, 6.07) is -0.0936. The number of carbonyl (C=O) groups is 1. The summed E-state index contributed by atoms with van der Waals surface area (Å²) in [5.41, 5.74) is 6.34. The second kappa shape index (κ2) is 6.29. The molecule has 1 aromatic rings. The van der Waals surface area contributed by atoms with Crippen molar-refractivity contribution in [3.63, 3.8) is 0 Å². The fourth-order valence-electron chi connectivity index (χ4n) is 2.21. The average Bonchev–Trinajstić information content (AvgIpc) is 2.77. The highest BCUT2D eigenvalue weighted by Crippen LogP contribution is 2.18. The Morgan fingerprint density at radius 2 is 1.94 bits per heavy atom. The summed E-state index contributed by atoms with van der Waals surface area (Å²) < 4.78 is 0. The number of nitrogens with two attached hydrogens (primary N) is 1. The van der Waals surface area contributed by atoms with E-state index in [2.05, 4.69) is 4.98 Å². The first-order chi connectivity index (χ1) is 8.68. The van der Waals surface area contributed by atoms with Crippen molar-refractivity contribution < 1.29 is 4.79 Å². The molecular formula is C13H21N3OS. The monoisotopic (exact) mass is 267 g/mol. The van der Waals surface area contributed by atoms with Gasteiger partial charge >= 0.3 is 0 Å². The highest BCUT2D eigenvalue weighted by molar-refractivity contribution is 7.09. The lowest BCUT2D eigenvalue weighted by molar-refractivity contribution is 0.0737. The molecule has 1 amide bonds. The first-order valence-corrected chi connectivity index (χ1v) is 7.56. The molecule has 2 N–H and O–H groups in total. The molecule has 1 saturated heterocycles. The molecule has 0 spiro atoms. The molecule has 2 heterocycles.